The number of rotatable bonds is 7. The number of ether oxygens (including phenoxy) is 1. The third-order valence-electron chi connectivity index (χ3n) is 5.81. The highest BCUT2D eigenvalue weighted by atomic mass is 16.5. The molecular formula is C26H31N5O2. The van der Waals surface area contributed by atoms with E-state index in [1.54, 1.807) is 6.07 Å². The number of guanidine groups is 1. The van der Waals surface area contributed by atoms with Crippen molar-refractivity contribution in [3.05, 3.63) is 89.2 Å². The van der Waals surface area contributed by atoms with Crippen molar-refractivity contribution >= 4 is 11.9 Å². The fourth-order valence-corrected chi connectivity index (χ4v) is 4.07. The van der Waals surface area contributed by atoms with E-state index in [9.17, 15) is 4.79 Å². The predicted octanol–water partition coefficient (Wildman–Crippen LogP) is 3.73. The van der Waals surface area contributed by atoms with Crippen LogP contribution >= 0.6 is 0 Å². The Morgan fingerprint density at radius 1 is 1.18 bits per heavy atom. The minimum Gasteiger partial charge on any atom is -0.457 e. The molecule has 1 N–H and O–H groups in total. The average Bonchev–Trinajstić information content (AvgIpc) is 3.50. The quantitative estimate of drug-likeness (QED) is 0.341. The first kappa shape index (κ1) is 22.6. The van der Waals surface area contributed by atoms with Gasteiger partial charge in [-0.05, 0) is 42.2 Å². The maximum atomic E-state index is 12.5. The zero-order valence-corrected chi connectivity index (χ0v) is 19.3. The molecule has 3 aromatic rings. The van der Waals surface area contributed by atoms with Crippen LogP contribution in [0.4, 0.5) is 0 Å². The molecule has 1 aromatic heterocycles. The Kier molecular flexibility index (Phi) is 7.40. The van der Waals surface area contributed by atoms with Gasteiger partial charge in [0, 0.05) is 38.8 Å². The number of likely N-dealkylation sites (tertiary alicyclic amines) is 1. The number of nitrogens with zero attached hydrogens (tertiary/aromatic N) is 4. The van der Waals surface area contributed by atoms with E-state index in [1.807, 2.05) is 66.5 Å². The van der Waals surface area contributed by atoms with Crippen molar-refractivity contribution in [1.29, 1.82) is 0 Å². The smallest absolute Gasteiger partial charge is 0.338 e. The summed E-state index contributed by atoms with van der Waals surface area (Å²) in [5, 5.41) is 7.72. The van der Waals surface area contributed by atoms with E-state index < -0.39 is 0 Å². The van der Waals surface area contributed by atoms with Gasteiger partial charge in [-0.25, -0.2) is 9.79 Å². The number of benzene rings is 2. The molecule has 0 amide bonds. The number of aliphatic imine (C=N–C) groups is 1. The SMILES string of the molecule is CCNC(=NCc1cccc(C(=O)OCc2ccccc2)c1)N1CCC(c2cnn(C)c2)C1. The van der Waals surface area contributed by atoms with Gasteiger partial charge < -0.3 is 15.0 Å². The second-order valence-electron chi connectivity index (χ2n) is 8.31. The zero-order valence-electron chi connectivity index (χ0n) is 19.3. The van der Waals surface area contributed by atoms with Crippen LogP contribution in [-0.2, 0) is 24.9 Å². The summed E-state index contributed by atoms with van der Waals surface area (Å²) in [6.45, 7) is 5.52. The summed E-state index contributed by atoms with van der Waals surface area (Å²) in [6.07, 6.45) is 5.14. The Morgan fingerprint density at radius 3 is 2.76 bits per heavy atom. The van der Waals surface area contributed by atoms with Crippen LogP contribution < -0.4 is 5.32 Å². The van der Waals surface area contributed by atoms with Gasteiger partial charge >= 0.3 is 5.97 Å². The predicted molar refractivity (Wildman–Crippen MR) is 129 cm³/mol. The van der Waals surface area contributed by atoms with Crippen molar-refractivity contribution in [2.45, 2.75) is 32.4 Å². The van der Waals surface area contributed by atoms with Crippen LogP contribution in [0.25, 0.3) is 0 Å². The summed E-state index contributed by atoms with van der Waals surface area (Å²) in [5.74, 6) is 1.04. The third kappa shape index (κ3) is 6.00. The lowest BCUT2D eigenvalue weighted by molar-refractivity contribution is 0.0472. The molecule has 0 radical (unpaired) electrons. The molecule has 33 heavy (non-hydrogen) atoms. The number of nitrogens with one attached hydrogen (secondary N) is 1. The molecule has 1 saturated heterocycles. The van der Waals surface area contributed by atoms with Gasteiger partial charge in [-0.1, -0.05) is 42.5 Å². The Morgan fingerprint density at radius 2 is 2.00 bits per heavy atom. The number of esters is 1. The molecule has 7 nitrogen and oxygen atoms in total. The normalized spacial score (nSPS) is 16.1. The van der Waals surface area contributed by atoms with E-state index in [0.717, 1.165) is 43.1 Å². The first-order valence-corrected chi connectivity index (χ1v) is 11.4. The number of hydrogen-bond donors (Lipinski definition) is 1. The molecule has 1 unspecified atom stereocenters. The summed E-state index contributed by atoms with van der Waals surface area (Å²) in [6, 6.07) is 17.2. The minimum absolute atomic E-state index is 0.264. The summed E-state index contributed by atoms with van der Waals surface area (Å²) in [5.41, 5.74) is 3.76. The molecule has 2 heterocycles. The lowest BCUT2D eigenvalue weighted by Crippen LogP contribution is -2.40. The van der Waals surface area contributed by atoms with Gasteiger partial charge in [0.05, 0.1) is 18.3 Å². The fraction of sp³-hybridized carbons (Fsp3) is 0.346. The Hall–Kier alpha value is -3.61. The lowest BCUT2D eigenvalue weighted by Gasteiger charge is -2.21. The first-order chi connectivity index (χ1) is 16.1. The molecular weight excluding hydrogens is 414 g/mol. The van der Waals surface area contributed by atoms with Crippen molar-refractivity contribution in [3.8, 4) is 0 Å². The van der Waals surface area contributed by atoms with Gasteiger partial charge in [0.25, 0.3) is 0 Å². The number of aryl methyl sites for hydroxylation is 1. The van der Waals surface area contributed by atoms with Crippen molar-refractivity contribution < 1.29 is 9.53 Å². The first-order valence-electron chi connectivity index (χ1n) is 11.4. The standard InChI is InChI=1S/C26H31N5O2/c1-3-27-26(31-13-12-23(18-31)24-16-29-30(2)17-24)28-15-21-10-7-11-22(14-21)25(32)33-19-20-8-5-4-6-9-20/h4-11,14,16-17,23H,3,12-13,15,18-19H2,1-2H3,(H,27,28). The average molecular weight is 446 g/mol. The lowest BCUT2D eigenvalue weighted by atomic mass is 10.0. The van der Waals surface area contributed by atoms with E-state index in [2.05, 4.69) is 28.4 Å². The van der Waals surface area contributed by atoms with Crippen LogP contribution in [0.15, 0.2) is 72.0 Å². The topological polar surface area (TPSA) is 71.8 Å². The molecule has 1 aliphatic heterocycles. The summed E-state index contributed by atoms with van der Waals surface area (Å²) < 4.78 is 7.32. The van der Waals surface area contributed by atoms with Crippen molar-refractivity contribution in [2.24, 2.45) is 12.0 Å². The minimum atomic E-state index is -0.324. The summed E-state index contributed by atoms with van der Waals surface area (Å²) in [4.78, 5) is 19.7. The van der Waals surface area contributed by atoms with Crippen LogP contribution in [-0.4, -0.2) is 46.2 Å². The van der Waals surface area contributed by atoms with Crippen LogP contribution in [0.2, 0.25) is 0 Å². The maximum Gasteiger partial charge on any atom is 0.338 e. The van der Waals surface area contributed by atoms with Crippen molar-refractivity contribution in [1.82, 2.24) is 20.0 Å². The highest BCUT2D eigenvalue weighted by molar-refractivity contribution is 5.89. The number of carbonyl (C=O) groups is 1. The van der Waals surface area contributed by atoms with Crippen molar-refractivity contribution in [3.63, 3.8) is 0 Å². The second-order valence-corrected chi connectivity index (χ2v) is 8.31. The molecule has 0 bridgehead atoms. The number of carbonyl (C=O) groups excluding carboxylic acids is 1. The molecule has 0 aliphatic carbocycles. The van der Waals surface area contributed by atoms with Gasteiger partial charge in [0.2, 0.25) is 0 Å². The van der Waals surface area contributed by atoms with Crippen molar-refractivity contribution in [2.75, 3.05) is 19.6 Å². The molecule has 2 aromatic carbocycles. The number of hydrogen-bond acceptors (Lipinski definition) is 4. The summed E-state index contributed by atoms with van der Waals surface area (Å²) >= 11 is 0. The Balaban J connectivity index is 1.38. The molecule has 1 fully saturated rings. The summed E-state index contributed by atoms with van der Waals surface area (Å²) in [7, 11) is 1.95. The van der Waals surface area contributed by atoms with Crippen LogP contribution in [0.3, 0.4) is 0 Å². The van der Waals surface area contributed by atoms with E-state index in [0.29, 0.717) is 18.0 Å². The third-order valence-corrected chi connectivity index (χ3v) is 5.81. The van der Waals surface area contributed by atoms with E-state index in [4.69, 9.17) is 9.73 Å². The molecule has 1 aliphatic rings. The maximum absolute atomic E-state index is 12.5. The van der Waals surface area contributed by atoms with Gasteiger partial charge in [0.1, 0.15) is 6.61 Å². The van der Waals surface area contributed by atoms with Gasteiger partial charge in [-0.15, -0.1) is 0 Å². The molecule has 0 spiro atoms. The second kappa shape index (κ2) is 10.8. The number of aromatic nitrogens is 2. The van der Waals surface area contributed by atoms with E-state index in [1.165, 1.54) is 5.56 Å². The highest BCUT2D eigenvalue weighted by Gasteiger charge is 2.26. The fourth-order valence-electron chi connectivity index (χ4n) is 4.07. The van der Waals surface area contributed by atoms with Crippen LogP contribution in [0, 0.1) is 0 Å². The molecule has 0 saturated carbocycles. The van der Waals surface area contributed by atoms with Crippen LogP contribution in [0.5, 0.6) is 0 Å². The van der Waals surface area contributed by atoms with Gasteiger partial charge in [0.15, 0.2) is 5.96 Å². The Bertz CT molecular complexity index is 1090. The largest absolute Gasteiger partial charge is 0.457 e. The van der Waals surface area contributed by atoms with E-state index in [-0.39, 0.29) is 12.6 Å². The van der Waals surface area contributed by atoms with Gasteiger partial charge in [-0.3, -0.25) is 4.68 Å². The molecule has 7 heteroatoms. The van der Waals surface area contributed by atoms with Crippen LogP contribution in [0.1, 0.15) is 46.3 Å². The molecule has 172 valence electrons. The molecule has 4 rings (SSSR count). The highest BCUT2D eigenvalue weighted by Crippen LogP contribution is 2.26. The van der Waals surface area contributed by atoms with E-state index >= 15 is 0 Å². The monoisotopic (exact) mass is 445 g/mol. The zero-order chi connectivity index (χ0) is 23.0. The molecule has 1 atom stereocenters. The van der Waals surface area contributed by atoms with Gasteiger partial charge in [-0.2, -0.15) is 5.10 Å². The Labute approximate surface area is 195 Å².